The third-order valence-electron chi connectivity index (χ3n) is 12.5. The maximum absolute atomic E-state index is 12.6. The second-order valence-electron chi connectivity index (χ2n) is 16.0. The SMILES string of the molecule is NC(N)=C(/C=C(\N)c1ccccc1O)N1CCCC(c2ccc(N3CCC(CN4CCC(n5ccc6c(N7CCC(=O)NC7=O)cccc65)CC4)CC3)cc2)C1. The first-order valence-electron chi connectivity index (χ1n) is 20.3. The molecule has 12 heteroatoms. The molecule has 8 rings (SSSR count). The van der Waals surface area contributed by atoms with Crippen LogP contribution in [0.15, 0.2) is 96.6 Å². The van der Waals surface area contributed by atoms with Crippen LogP contribution in [0, 0.1) is 5.92 Å². The first-order chi connectivity index (χ1) is 27.2. The third kappa shape index (κ3) is 7.88. The molecule has 3 aromatic carbocycles. The Morgan fingerprint density at radius 3 is 2.32 bits per heavy atom. The second kappa shape index (κ2) is 16.2. The maximum atomic E-state index is 12.6. The van der Waals surface area contributed by atoms with E-state index >= 15 is 0 Å². The number of likely N-dealkylation sites (tertiary alicyclic amines) is 2. The number of nitrogens with zero attached hydrogens (tertiary/aromatic N) is 5. The number of hydrogen-bond donors (Lipinski definition) is 5. The molecular formula is C44H55N9O3. The molecule has 4 fully saturated rings. The summed E-state index contributed by atoms with van der Waals surface area (Å²) in [6.07, 6.45) is 11.0. The van der Waals surface area contributed by atoms with Gasteiger partial charge in [-0.2, -0.15) is 0 Å². The number of phenols is 1. The van der Waals surface area contributed by atoms with Crippen molar-refractivity contribution in [2.24, 2.45) is 23.1 Å². The maximum Gasteiger partial charge on any atom is 0.328 e. The second-order valence-corrected chi connectivity index (χ2v) is 16.0. The van der Waals surface area contributed by atoms with Crippen molar-refractivity contribution in [3.63, 3.8) is 0 Å². The smallest absolute Gasteiger partial charge is 0.328 e. The van der Waals surface area contributed by atoms with Gasteiger partial charge in [0.1, 0.15) is 11.6 Å². The molecule has 1 atom stereocenters. The van der Waals surface area contributed by atoms with Crippen LogP contribution in [0.3, 0.4) is 0 Å². The van der Waals surface area contributed by atoms with Crippen LogP contribution >= 0.6 is 0 Å². The molecule has 0 aliphatic carbocycles. The van der Waals surface area contributed by atoms with Gasteiger partial charge in [-0.15, -0.1) is 0 Å². The van der Waals surface area contributed by atoms with E-state index < -0.39 is 0 Å². The number of piperidine rings is 3. The van der Waals surface area contributed by atoms with Crippen LogP contribution < -0.4 is 32.3 Å². The number of aromatic hydroxyl groups is 1. The van der Waals surface area contributed by atoms with Crippen LogP contribution in [0.25, 0.3) is 16.6 Å². The van der Waals surface area contributed by atoms with E-state index in [-0.39, 0.29) is 23.5 Å². The highest BCUT2D eigenvalue weighted by molar-refractivity contribution is 6.09. The quantitative estimate of drug-likeness (QED) is 0.137. The fraction of sp³-hybridized carbons (Fsp3) is 0.409. The molecule has 4 saturated heterocycles. The van der Waals surface area contributed by atoms with Crippen molar-refractivity contribution in [1.29, 1.82) is 0 Å². The van der Waals surface area contributed by atoms with Crippen LogP contribution in [0.4, 0.5) is 16.2 Å². The Morgan fingerprint density at radius 1 is 0.821 bits per heavy atom. The average Bonchev–Trinajstić information content (AvgIpc) is 3.65. The highest BCUT2D eigenvalue weighted by Gasteiger charge is 2.29. The average molecular weight is 758 g/mol. The van der Waals surface area contributed by atoms with Gasteiger partial charge in [0.25, 0.3) is 0 Å². The van der Waals surface area contributed by atoms with Crippen molar-refractivity contribution in [3.8, 4) is 5.75 Å². The number of rotatable bonds is 9. The first-order valence-corrected chi connectivity index (χ1v) is 20.3. The summed E-state index contributed by atoms with van der Waals surface area (Å²) < 4.78 is 2.40. The van der Waals surface area contributed by atoms with Crippen molar-refractivity contribution in [2.45, 2.75) is 56.9 Å². The largest absolute Gasteiger partial charge is 0.507 e. The van der Waals surface area contributed by atoms with Crippen molar-refractivity contribution >= 4 is 39.9 Å². The Labute approximate surface area is 329 Å². The Morgan fingerprint density at radius 2 is 1.59 bits per heavy atom. The molecule has 0 radical (unpaired) electrons. The van der Waals surface area contributed by atoms with Gasteiger partial charge < -0.3 is 41.6 Å². The molecule has 1 aromatic heterocycles. The van der Waals surface area contributed by atoms with E-state index in [2.05, 4.69) is 67.2 Å². The minimum absolute atomic E-state index is 0.126. The van der Waals surface area contributed by atoms with Crippen LogP contribution in [-0.2, 0) is 4.79 Å². The molecule has 0 saturated carbocycles. The molecule has 4 aliphatic heterocycles. The van der Waals surface area contributed by atoms with E-state index in [9.17, 15) is 14.7 Å². The van der Waals surface area contributed by atoms with Gasteiger partial charge in [0.15, 0.2) is 0 Å². The molecule has 12 nitrogen and oxygen atoms in total. The number of imide groups is 1. The number of anilines is 2. The zero-order valence-electron chi connectivity index (χ0n) is 32.2. The van der Waals surface area contributed by atoms with Gasteiger partial charge in [-0.3, -0.25) is 15.0 Å². The lowest BCUT2D eigenvalue weighted by Crippen LogP contribution is -2.49. The summed E-state index contributed by atoms with van der Waals surface area (Å²) >= 11 is 0. The predicted molar refractivity (Wildman–Crippen MR) is 223 cm³/mol. The molecular weight excluding hydrogens is 703 g/mol. The van der Waals surface area contributed by atoms with E-state index in [1.165, 1.54) is 24.1 Å². The summed E-state index contributed by atoms with van der Waals surface area (Å²) in [4.78, 5) is 33.4. The molecule has 1 unspecified atom stereocenters. The number of carbonyl (C=O) groups excluding carboxylic acids is 2. The van der Waals surface area contributed by atoms with E-state index in [4.69, 9.17) is 17.2 Å². The molecule has 0 spiro atoms. The van der Waals surface area contributed by atoms with Gasteiger partial charge in [-0.05, 0) is 98.5 Å². The van der Waals surface area contributed by atoms with Crippen molar-refractivity contribution < 1.29 is 14.7 Å². The molecule has 5 heterocycles. The number of para-hydroxylation sites is 1. The number of hydrogen-bond acceptors (Lipinski definition) is 9. The van der Waals surface area contributed by atoms with Gasteiger partial charge in [-0.25, -0.2) is 4.79 Å². The Kier molecular flexibility index (Phi) is 10.8. The fourth-order valence-electron chi connectivity index (χ4n) is 9.36. The summed E-state index contributed by atoms with van der Waals surface area (Å²) in [6.45, 7) is 7.55. The Hall–Kier alpha value is -5.62. The van der Waals surface area contributed by atoms with E-state index in [0.717, 1.165) is 88.1 Å². The van der Waals surface area contributed by atoms with Crippen molar-refractivity contribution in [1.82, 2.24) is 19.7 Å². The minimum atomic E-state index is -0.341. The summed E-state index contributed by atoms with van der Waals surface area (Å²) in [5.74, 6) is 1.19. The number of nitrogens with one attached hydrogen (secondary N) is 1. The molecule has 294 valence electrons. The van der Waals surface area contributed by atoms with Gasteiger partial charge in [0.2, 0.25) is 5.91 Å². The molecule has 56 heavy (non-hydrogen) atoms. The van der Waals surface area contributed by atoms with E-state index in [1.54, 1.807) is 29.2 Å². The zero-order chi connectivity index (χ0) is 38.8. The van der Waals surface area contributed by atoms with Crippen molar-refractivity contribution in [3.05, 3.63) is 108 Å². The van der Waals surface area contributed by atoms with E-state index in [0.29, 0.717) is 47.8 Å². The number of urea groups is 1. The lowest BCUT2D eigenvalue weighted by Gasteiger charge is -2.39. The number of benzene rings is 3. The molecule has 4 aliphatic rings. The highest BCUT2D eigenvalue weighted by atomic mass is 16.3. The van der Waals surface area contributed by atoms with Crippen LogP contribution in [0.2, 0.25) is 0 Å². The zero-order valence-corrected chi connectivity index (χ0v) is 32.2. The third-order valence-corrected chi connectivity index (χ3v) is 12.5. The molecule has 3 amide bonds. The van der Waals surface area contributed by atoms with E-state index in [1.807, 2.05) is 18.2 Å². The van der Waals surface area contributed by atoms with Crippen molar-refractivity contribution in [2.75, 3.05) is 62.2 Å². The van der Waals surface area contributed by atoms with Gasteiger partial charge in [-0.1, -0.05) is 30.3 Å². The molecule has 4 aromatic rings. The first kappa shape index (κ1) is 37.3. The van der Waals surface area contributed by atoms with Gasteiger partial charge >= 0.3 is 6.03 Å². The predicted octanol–water partition coefficient (Wildman–Crippen LogP) is 5.61. The highest BCUT2D eigenvalue weighted by Crippen LogP contribution is 2.35. The normalized spacial score (nSPS) is 20.8. The van der Waals surface area contributed by atoms with Crippen LogP contribution in [-0.4, -0.2) is 83.8 Å². The number of aromatic nitrogens is 1. The number of fused-ring (bicyclic) bond motifs is 1. The summed E-state index contributed by atoms with van der Waals surface area (Å²) in [6, 6.07) is 24.5. The number of phenolic OH excluding ortho intramolecular Hbond substituents is 1. The van der Waals surface area contributed by atoms with Crippen LogP contribution in [0.1, 0.15) is 68.0 Å². The summed E-state index contributed by atoms with van der Waals surface area (Å²) in [5, 5.41) is 13.8. The standard InChI is InChI=1S/C44H55N9O3/c45-37(35-6-1-2-9-41(35)54)27-40(43(46)47)51-20-4-5-32(29-51)31-10-12-33(13-11-31)50-23-14-30(15-24-50)28-49-21-16-34(17-22-49)52-25-18-36-38(52)7-3-8-39(36)53-26-19-42(55)48-44(53)56/h1-3,6-13,18,25,27,30,32,34,54H,4-5,14-17,19-24,26,28-29,45-47H2,(H,48,55,56)/b37-27-. The number of nitrogens with two attached hydrogens (primary N) is 3. The summed E-state index contributed by atoms with van der Waals surface area (Å²) in [5.41, 5.74) is 25.1. The fourth-order valence-corrected chi connectivity index (χ4v) is 9.36. The number of carbonyl (C=O) groups is 2. The minimum Gasteiger partial charge on any atom is -0.507 e. The Bertz CT molecular complexity index is 2110. The number of amides is 3. The van der Waals surface area contributed by atoms with Gasteiger partial charge in [0.05, 0.1) is 16.9 Å². The number of allylic oxidation sites excluding steroid dienone is 1. The monoisotopic (exact) mass is 757 g/mol. The van der Waals surface area contributed by atoms with Gasteiger partial charge in [0, 0.05) is 99.3 Å². The topological polar surface area (TPSA) is 162 Å². The Balaban J connectivity index is 0.817. The molecule has 8 N–H and O–H groups in total. The van der Waals surface area contributed by atoms with Crippen LogP contribution in [0.5, 0.6) is 5.75 Å². The lowest BCUT2D eigenvalue weighted by atomic mass is 9.89. The lowest BCUT2D eigenvalue weighted by molar-refractivity contribution is -0.120. The summed E-state index contributed by atoms with van der Waals surface area (Å²) in [7, 11) is 0. The molecule has 0 bridgehead atoms.